The Labute approximate surface area is 117 Å². The molecule has 1 aromatic rings. The second-order valence-corrected chi connectivity index (χ2v) is 5.24. The minimum atomic E-state index is -0.352. The molecule has 0 saturated heterocycles. The molecule has 0 aromatic carbocycles. The number of ether oxygens (including phenoxy) is 2. The van der Waals surface area contributed by atoms with E-state index in [1.54, 1.807) is 21.0 Å². The molecule has 1 rings (SSSR count). The van der Waals surface area contributed by atoms with Crippen LogP contribution in [0, 0.1) is 0 Å². The fourth-order valence-electron chi connectivity index (χ4n) is 1.38. The second-order valence-electron chi connectivity index (χ2n) is 4.18. The highest BCUT2D eigenvalue weighted by molar-refractivity contribution is 7.15. The maximum Gasteiger partial charge on any atom is 0.322 e. The predicted octanol–water partition coefficient (Wildman–Crippen LogP) is 1.26. The quantitative estimate of drug-likeness (QED) is 0.762. The fraction of sp³-hybridized carbons (Fsp3) is 0.667. The summed E-state index contributed by atoms with van der Waals surface area (Å²) < 4.78 is 10.2. The van der Waals surface area contributed by atoms with Crippen molar-refractivity contribution in [3.05, 3.63) is 4.88 Å². The molecular formula is C12H21N3O3S. The van der Waals surface area contributed by atoms with Crippen LogP contribution in [-0.4, -0.2) is 44.8 Å². The first-order valence-electron chi connectivity index (χ1n) is 6.10. The van der Waals surface area contributed by atoms with E-state index in [0.29, 0.717) is 19.0 Å². The topological polar surface area (TPSA) is 63.7 Å². The Morgan fingerprint density at radius 3 is 2.74 bits per heavy atom. The number of anilines is 1. The summed E-state index contributed by atoms with van der Waals surface area (Å²) in [6, 6.07) is -0.352. The fourth-order valence-corrected chi connectivity index (χ4v) is 2.29. The van der Waals surface area contributed by atoms with Crippen molar-refractivity contribution in [3.8, 4) is 5.88 Å². The third kappa shape index (κ3) is 4.36. The van der Waals surface area contributed by atoms with Crippen LogP contribution >= 0.6 is 11.3 Å². The van der Waals surface area contributed by atoms with E-state index in [1.165, 1.54) is 11.3 Å². The minimum Gasteiger partial charge on any atom is -0.480 e. The van der Waals surface area contributed by atoms with Crippen molar-refractivity contribution in [2.75, 3.05) is 32.7 Å². The van der Waals surface area contributed by atoms with Crippen LogP contribution in [0.4, 0.5) is 5.13 Å². The highest BCUT2D eigenvalue weighted by atomic mass is 32.1. The summed E-state index contributed by atoms with van der Waals surface area (Å²) >= 11 is 1.53. The number of hydrogen-bond donors (Lipinski definition) is 1. The number of thiazole rings is 1. The van der Waals surface area contributed by atoms with Crippen molar-refractivity contribution in [1.29, 1.82) is 0 Å². The summed E-state index contributed by atoms with van der Waals surface area (Å²) in [6.07, 6.45) is 0. The van der Waals surface area contributed by atoms with Crippen LogP contribution in [-0.2, 0) is 16.1 Å². The Bertz CT molecular complexity index is 420. The van der Waals surface area contributed by atoms with Crippen molar-refractivity contribution in [2.45, 2.75) is 26.4 Å². The van der Waals surface area contributed by atoms with Crippen molar-refractivity contribution >= 4 is 22.4 Å². The second kappa shape index (κ2) is 7.30. The van der Waals surface area contributed by atoms with Gasteiger partial charge in [-0.25, -0.2) is 0 Å². The molecule has 0 saturated carbocycles. The van der Waals surface area contributed by atoms with Crippen molar-refractivity contribution in [2.24, 2.45) is 0 Å². The molecular weight excluding hydrogens is 266 g/mol. The van der Waals surface area contributed by atoms with Gasteiger partial charge in [-0.1, -0.05) is 11.3 Å². The van der Waals surface area contributed by atoms with Crippen LogP contribution in [0.25, 0.3) is 0 Å². The Morgan fingerprint density at radius 1 is 1.53 bits per heavy atom. The van der Waals surface area contributed by atoms with Crippen molar-refractivity contribution in [1.82, 2.24) is 10.3 Å². The molecule has 1 N–H and O–H groups in total. The van der Waals surface area contributed by atoms with E-state index in [-0.39, 0.29) is 12.0 Å². The lowest BCUT2D eigenvalue weighted by atomic mass is 10.3. The first-order chi connectivity index (χ1) is 8.99. The zero-order valence-corrected chi connectivity index (χ0v) is 12.8. The van der Waals surface area contributed by atoms with Gasteiger partial charge in [-0.15, -0.1) is 0 Å². The molecule has 0 aliphatic carbocycles. The number of carbonyl (C=O) groups excluding carboxylic acids is 1. The van der Waals surface area contributed by atoms with Gasteiger partial charge in [-0.2, -0.15) is 4.98 Å². The molecule has 0 aliphatic rings. The number of esters is 1. The monoisotopic (exact) mass is 287 g/mol. The first kappa shape index (κ1) is 15.7. The van der Waals surface area contributed by atoms with Crippen LogP contribution in [0.3, 0.4) is 0 Å². The Hall–Kier alpha value is -1.34. The van der Waals surface area contributed by atoms with Crippen molar-refractivity contribution < 1.29 is 14.3 Å². The van der Waals surface area contributed by atoms with E-state index in [0.717, 1.165) is 10.0 Å². The number of nitrogens with zero attached hydrogens (tertiary/aromatic N) is 2. The molecule has 1 unspecified atom stereocenters. The average molecular weight is 287 g/mol. The number of aromatic nitrogens is 1. The van der Waals surface area contributed by atoms with Crippen LogP contribution in [0.15, 0.2) is 0 Å². The van der Waals surface area contributed by atoms with Crippen molar-refractivity contribution in [3.63, 3.8) is 0 Å². The van der Waals surface area contributed by atoms with E-state index in [4.69, 9.17) is 9.47 Å². The van der Waals surface area contributed by atoms with Gasteiger partial charge in [-0.3, -0.25) is 10.1 Å². The predicted molar refractivity (Wildman–Crippen MR) is 75.9 cm³/mol. The lowest BCUT2D eigenvalue weighted by molar-refractivity contribution is -0.145. The molecule has 0 amide bonds. The summed E-state index contributed by atoms with van der Waals surface area (Å²) in [5.74, 6) is 0.344. The normalized spacial score (nSPS) is 12.1. The van der Waals surface area contributed by atoms with Gasteiger partial charge in [0.2, 0.25) is 5.88 Å². The number of rotatable bonds is 7. The largest absolute Gasteiger partial charge is 0.480 e. The van der Waals surface area contributed by atoms with Crippen LogP contribution in [0.2, 0.25) is 0 Å². The van der Waals surface area contributed by atoms with E-state index < -0.39 is 0 Å². The van der Waals surface area contributed by atoms with Gasteiger partial charge >= 0.3 is 5.97 Å². The third-order valence-electron chi connectivity index (χ3n) is 2.44. The van der Waals surface area contributed by atoms with E-state index in [1.807, 2.05) is 19.0 Å². The number of methoxy groups -OCH3 is 1. The maximum atomic E-state index is 11.5. The molecule has 108 valence electrons. The van der Waals surface area contributed by atoms with Gasteiger partial charge in [0, 0.05) is 20.6 Å². The summed E-state index contributed by atoms with van der Waals surface area (Å²) in [5.41, 5.74) is 0. The average Bonchev–Trinajstić information content (AvgIpc) is 2.79. The zero-order valence-electron chi connectivity index (χ0n) is 12.0. The Morgan fingerprint density at radius 2 is 2.21 bits per heavy atom. The highest BCUT2D eigenvalue weighted by Gasteiger charge is 2.17. The van der Waals surface area contributed by atoms with Gasteiger partial charge in [-0.05, 0) is 13.8 Å². The molecule has 0 fully saturated rings. The number of hydrogen-bond acceptors (Lipinski definition) is 7. The third-order valence-corrected chi connectivity index (χ3v) is 3.64. The minimum absolute atomic E-state index is 0.251. The molecule has 0 aliphatic heterocycles. The molecule has 0 spiro atoms. The molecule has 19 heavy (non-hydrogen) atoms. The first-order valence-corrected chi connectivity index (χ1v) is 6.92. The van der Waals surface area contributed by atoms with Crippen LogP contribution < -0.4 is 15.0 Å². The molecule has 0 radical (unpaired) electrons. The summed E-state index contributed by atoms with van der Waals surface area (Å²) in [7, 11) is 5.44. The number of nitrogens with one attached hydrogen (secondary N) is 1. The SMILES string of the molecule is CCOC(=O)C(C)NCc1sc(N(C)C)nc1OC. The maximum absolute atomic E-state index is 11.5. The molecule has 7 heteroatoms. The number of carbonyl (C=O) groups is 1. The smallest absolute Gasteiger partial charge is 0.322 e. The zero-order chi connectivity index (χ0) is 14.4. The summed E-state index contributed by atoms with van der Waals surface area (Å²) in [5, 5.41) is 3.98. The van der Waals surface area contributed by atoms with Gasteiger partial charge in [0.1, 0.15) is 6.04 Å². The van der Waals surface area contributed by atoms with Gasteiger partial charge < -0.3 is 14.4 Å². The lowest BCUT2D eigenvalue weighted by Crippen LogP contribution is -2.34. The van der Waals surface area contributed by atoms with Crippen LogP contribution in [0.1, 0.15) is 18.7 Å². The lowest BCUT2D eigenvalue weighted by Gasteiger charge is -2.11. The molecule has 1 heterocycles. The molecule has 6 nitrogen and oxygen atoms in total. The summed E-state index contributed by atoms with van der Waals surface area (Å²) in [6.45, 7) is 4.48. The Balaban J connectivity index is 2.64. The van der Waals surface area contributed by atoms with E-state index >= 15 is 0 Å². The highest BCUT2D eigenvalue weighted by Crippen LogP contribution is 2.30. The summed E-state index contributed by atoms with van der Waals surface area (Å²) in [4.78, 5) is 18.7. The molecule has 1 atom stereocenters. The van der Waals surface area contributed by atoms with Gasteiger partial charge in [0.15, 0.2) is 5.13 Å². The van der Waals surface area contributed by atoms with Gasteiger partial charge in [0.25, 0.3) is 0 Å². The molecule has 0 bridgehead atoms. The van der Waals surface area contributed by atoms with E-state index in [2.05, 4.69) is 10.3 Å². The van der Waals surface area contributed by atoms with Crippen LogP contribution in [0.5, 0.6) is 5.88 Å². The van der Waals surface area contributed by atoms with Gasteiger partial charge in [0.05, 0.1) is 18.6 Å². The molecule has 1 aromatic heterocycles. The Kier molecular flexibility index (Phi) is 6.04. The standard InChI is InChI=1S/C12H21N3O3S/c1-6-18-11(16)8(2)13-7-9-10(17-5)14-12(19-9)15(3)4/h8,13H,6-7H2,1-5H3. The van der Waals surface area contributed by atoms with E-state index in [9.17, 15) is 4.79 Å².